The van der Waals surface area contributed by atoms with Crippen LogP contribution in [0.2, 0.25) is 0 Å². The molecule has 0 aromatic carbocycles. The van der Waals surface area contributed by atoms with Gasteiger partial charge in [0.25, 0.3) is 0 Å². The third-order valence-electron chi connectivity index (χ3n) is 3.92. The number of carbonyl (C=O) groups excluding carboxylic acids is 1. The quantitative estimate of drug-likeness (QED) is 0.587. The summed E-state index contributed by atoms with van der Waals surface area (Å²) in [6.07, 6.45) is 3.51. The van der Waals surface area contributed by atoms with Crippen molar-refractivity contribution in [2.75, 3.05) is 0 Å². The molecule has 2 aliphatic rings. The number of rotatable bonds is 1. The molecule has 3 unspecified atom stereocenters. The fraction of sp³-hybridized carbons (Fsp3) is 0.700. The molecule has 0 heterocycles. The SMILES string of the molecule is C=C1C2CCC(C2)C1(C)C(N)=O. The molecular formula is C10H15NO. The summed E-state index contributed by atoms with van der Waals surface area (Å²) in [7, 11) is 0. The topological polar surface area (TPSA) is 43.1 Å². The third-order valence-corrected chi connectivity index (χ3v) is 3.92. The molecule has 0 aliphatic heterocycles. The van der Waals surface area contributed by atoms with E-state index in [2.05, 4.69) is 6.58 Å². The Kier molecular flexibility index (Phi) is 1.39. The minimum absolute atomic E-state index is 0.181. The van der Waals surface area contributed by atoms with Gasteiger partial charge in [0.2, 0.25) is 5.91 Å². The van der Waals surface area contributed by atoms with Gasteiger partial charge in [-0.15, -0.1) is 0 Å². The van der Waals surface area contributed by atoms with Gasteiger partial charge in [-0.05, 0) is 38.0 Å². The molecule has 66 valence electrons. The van der Waals surface area contributed by atoms with Crippen molar-refractivity contribution >= 4 is 5.91 Å². The molecule has 0 aromatic rings. The zero-order valence-corrected chi connectivity index (χ0v) is 7.47. The number of fused-ring (bicyclic) bond motifs is 2. The average Bonchev–Trinajstić information content (AvgIpc) is 2.55. The number of amides is 1. The lowest BCUT2D eigenvalue weighted by molar-refractivity contribution is -0.126. The molecule has 2 saturated carbocycles. The van der Waals surface area contributed by atoms with Crippen LogP contribution in [0, 0.1) is 17.3 Å². The lowest BCUT2D eigenvalue weighted by Crippen LogP contribution is -2.40. The number of carbonyl (C=O) groups is 1. The first-order valence-corrected chi connectivity index (χ1v) is 4.56. The summed E-state index contributed by atoms with van der Waals surface area (Å²) in [5.74, 6) is 0.875. The maximum absolute atomic E-state index is 11.3. The van der Waals surface area contributed by atoms with Crippen LogP contribution in [0.4, 0.5) is 0 Å². The summed E-state index contributed by atoms with van der Waals surface area (Å²) in [6, 6.07) is 0. The molecule has 2 bridgehead atoms. The van der Waals surface area contributed by atoms with E-state index in [0.717, 1.165) is 18.4 Å². The molecule has 0 saturated heterocycles. The predicted octanol–water partition coefficient (Wildman–Crippen LogP) is 1.46. The van der Waals surface area contributed by atoms with Crippen molar-refractivity contribution in [3.8, 4) is 0 Å². The van der Waals surface area contributed by atoms with Crippen LogP contribution < -0.4 is 5.73 Å². The van der Waals surface area contributed by atoms with Crippen molar-refractivity contribution in [3.05, 3.63) is 12.2 Å². The smallest absolute Gasteiger partial charge is 0.227 e. The normalized spacial score (nSPS) is 45.2. The zero-order valence-electron chi connectivity index (χ0n) is 7.47. The lowest BCUT2D eigenvalue weighted by Gasteiger charge is -2.32. The highest BCUT2D eigenvalue weighted by Gasteiger charge is 2.54. The minimum atomic E-state index is -0.386. The largest absolute Gasteiger partial charge is 0.369 e. The molecule has 0 spiro atoms. The Bertz CT molecular complexity index is 259. The van der Waals surface area contributed by atoms with Crippen molar-refractivity contribution in [2.45, 2.75) is 26.2 Å². The Morgan fingerprint density at radius 2 is 2.33 bits per heavy atom. The van der Waals surface area contributed by atoms with Gasteiger partial charge in [0.1, 0.15) is 0 Å². The van der Waals surface area contributed by atoms with E-state index in [9.17, 15) is 4.79 Å². The predicted molar refractivity (Wildman–Crippen MR) is 47.3 cm³/mol. The molecule has 0 radical (unpaired) electrons. The van der Waals surface area contributed by atoms with Gasteiger partial charge in [-0.3, -0.25) is 4.79 Å². The van der Waals surface area contributed by atoms with Gasteiger partial charge in [0, 0.05) is 0 Å². The number of primary amides is 1. The molecule has 2 aliphatic carbocycles. The monoisotopic (exact) mass is 165 g/mol. The standard InChI is InChI=1S/C10H15NO/c1-6-7-3-4-8(5-7)10(6,2)9(11)12/h7-8H,1,3-5H2,2H3,(H2,11,12). The fourth-order valence-electron chi connectivity index (χ4n) is 2.87. The van der Waals surface area contributed by atoms with E-state index in [0.29, 0.717) is 11.8 Å². The Morgan fingerprint density at radius 3 is 2.67 bits per heavy atom. The third kappa shape index (κ3) is 0.680. The molecule has 2 fully saturated rings. The van der Waals surface area contributed by atoms with Crippen molar-refractivity contribution in [1.29, 1.82) is 0 Å². The van der Waals surface area contributed by atoms with E-state index in [-0.39, 0.29) is 11.3 Å². The van der Waals surface area contributed by atoms with Gasteiger partial charge >= 0.3 is 0 Å². The fourth-order valence-corrected chi connectivity index (χ4v) is 2.87. The van der Waals surface area contributed by atoms with E-state index in [1.807, 2.05) is 6.92 Å². The van der Waals surface area contributed by atoms with Gasteiger partial charge in [-0.25, -0.2) is 0 Å². The number of hydrogen-bond acceptors (Lipinski definition) is 1. The Balaban J connectivity index is 2.39. The van der Waals surface area contributed by atoms with Crippen LogP contribution in [0.3, 0.4) is 0 Å². The Labute approximate surface area is 72.8 Å². The molecular weight excluding hydrogens is 150 g/mol. The van der Waals surface area contributed by atoms with Crippen molar-refractivity contribution in [2.24, 2.45) is 23.0 Å². The lowest BCUT2D eigenvalue weighted by atomic mass is 9.71. The van der Waals surface area contributed by atoms with Crippen LogP contribution in [0.1, 0.15) is 26.2 Å². The summed E-state index contributed by atoms with van der Waals surface area (Å²) >= 11 is 0. The van der Waals surface area contributed by atoms with Gasteiger partial charge in [-0.1, -0.05) is 12.2 Å². The molecule has 2 nitrogen and oxygen atoms in total. The second-order valence-electron chi connectivity index (χ2n) is 4.30. The minimum Gasteiger partial charge on any atom is -0.369 e. The van der Waals surface area contributed by atoms with Crippen LogP contribution in [0.5, 0.6) is 0 Å². The summed E-state index contributed by atoms with van der Waals surface area (Å²) in [6.45, 7) is 5.97. The molecule has 12 heavy (non-hydrogen) atoms. The van der Waals surface area contributed by atoms with Crippen LogP contribution in [0.25, 0.3) is 0 Å². The van der Waals surface area contributed by atoms with Gasteiger partial charge < -0.3 is 5.73 Å². The van der Waals surface area contributed by atoms with E-state index in [1.165, 1.54) is 6.42 Å². The molecule has 1 amide bonds. The molecule has 0 aromatic heterocycles. The van der Waals surface area contributed by atoms with Crippen LogP contribution >= 0.6 is 0 Å². The second-order valence-corrected chi connectivity index (χ2v) is 4.30. The molecule has 3 atom stereocenters. The zero-order chi connectivity index (χ0) is 8.93. The maximum Gasteiger partial charge on any atom is 0.227 e. The summed E-state index contributed by atoms with van der Waals surface area (Å²) in [4.78, 5) is 11.3. The van der Waals surface area contributed by atoms with E-state index in [1.54, 1.807) is 0 Å². The van der Waals surface area contributed by atoms with Crippen molar-refractivity contribution in [1.82, 2.24) is 0 Å². The van der Waals surface area contributed by atoms with Crippen LogP contribution in [-0.4, -0.2) is 5.91 Å². The summed E-state index contributed by atoms with van der Waals surface area (Å²) < 4.78 is 0. The van der Waals surface area contributed by atoms with E-state index in [4.69, 9.17) is 5.73 Å². The van der Waals surface area contributed by atoms with Gasteiger partial charge in [0.15, 0.2) is 0 Å². The number of nitrogens with two attached hydrogens (primary N) is 1. The van der Waals surface area contributed by atoms with Crippen LogP contribution in [-0.2, 0) is 4.79 Å². The second kappa shape index (κ2) is 2.12. The first-order chi connectivity index (χ1) is 5.56. The molecule has 2 heteroatoms. The highest BCUT2D eigenvalue weighted by atomic mass is 16.1. The average molecular weight is 165 g/mol. The Morgan fingerprint density at radius 1 is 1.67 bits per heavy atom. The maximum atomic E-state index is 11.3. The van der Waals surface area contributed by atoms with Gasteiger partial charge in [0.05, 0.1) is 5.41 Å². The highest BCUT2D eigenvalue weighted by molar-refractivity contribution is 5.85. The summed E-state index contributed by atoms with van der Waals surface area (Å²) in [5, 5.41) is 0. The van der Waals surface area contributed by atoms with E-state index >= 15 is 0 Å². The van der Waals surface area contributed by atoms with Gasteiger partial charge in [-0.2, -0.15) is 0 Å². The van der Waals surface area contributed by atoms with Crippen LogP contribution in [0.15, 0.2) is 12.2 Å². The van der Waals surface area contributed by atoms with Crippen molar-refractivity contribution < 1.29 is 4.79 Å². The molecule has 2 rings (SSSR count). The first kappa shape index (κ1) is 7.84. The Hall–Kier alpha value is -0.790. The van der Waals surface area contributed by atoms with E-state index < -0.39 is 0 Å². The summed E-state index contributed by atoms with van der Waals surface area (Å²) in [5.41, 5.74) is 6.11. The van der Waals surface area contributed by atoms with Crippen molar-refractivity contribution in [3.63, 3.8) is 0 Å². The molecule has 2 N–H and O–H groups in total. The highest BCUT2D eigenvalue weighted by Crippen LogP contribution is 2.58. The first-order valence-electron chi connectivity index (χ1n) is 4.56. The number of hydrogen-bond donors (Lipinski definition) is 1.